The molecule has 1 amide bonds. The standard InChI is InChI=1S/C18H16N2O3/c1-2-23-17-6-4-3-5-16(17)20-18(22)14(12-19)11-13-7-9-15(21)10-8-13/h3-11,21H,2H2,1H3,(H,20,22)/b14-11+. The SMILES string of the molecule is CCOc1ccccc1NC(=O)/C(C#N)=C/c1ccc(O)cc1. The Balaban J connectivity index is 2.21. The second kappa shape index (κ2) is 7.66. The van der Waals surface area contributed by atoms with Gasteiger partial charge in [0, 0.05) is 0 Å². The first-order valence-corrected chi connectivity index (χ1v) is 7.08. The number of carbonyl (C=O) groups is 1. The molecule has 2 N–H and O–H groups in total. The van der Waals surface area contributed by atoms with E-state index in [1.165, 1.54) is 18.2 Å². The first kappa shape index (κ1) is 16.1. The number of para-hydroxylation sites is 2. The number of phenols is 1. The summed E-state index contributed by atoms with van der Waals surface area (Å²) in [6.45, 7) is 2.32. The second-order valence-corrected chi connectivity index (χ2v) is 4.64. The maximum atomic E-state index is 12.3. The number of aromatic hydroxyl groups is 1. The van der Waals surface area contributed by atoms with Crippen molar-refractivity contribution >= 4 is 17.7 Å². The molecule has 5 heteroatoms. The first-order valence-electron chi connectivity index (χ1n) is 7.08. The van der Waals surface area contributed by atoms with Gasteiger partial charge in [-0.3, -0.25) is 4.79 Å². The lowest BCUT2D eigenvalue weighted by Crippen LogP contribution is -2.14. The third-order valence-corrected chi connectivity index (χ3v) is 3.00. The molecule has 23 heavy (non-hydrogen) atoms. The monoisotopic (exact) mass is 308 g/mol. The molecule has 0 atom stereocenters. The van der Waals surface area contributed by atoms with Crippen LogP contribution < -0.4 is 10.1 Å². The van der Waals surface area contributed by atoms with Gasteiger partial charge in [0.25, 0.3) is 5.91 Å². The number of nitrogens with zero attached hydrogens (tertiary/aromatic N) is 1. The Morgan fingerprint density at radius 2 is 1.96 bits per heavy atom. The van der Waals surface area contributed by atoms with Crippen molar-refractivity contribution in [2.45, 2.75) is 6.92 Å². The number of benzene rings is 2. The van der Waals surface area contributed by atoms with Crippen LogP contribution in [0.2, 0.25) is 0 Å². The number of ether oxygens (including phenoxy) is 1. The smallest absolute Gasteiger partial charge is 0.266 e. The van der Waals surface area contributed by atoms with Gasteiger partial charge in [0.15, 0.2) is 0 Å². The molecule has 0 fully saturated rings. The van der Waals surface area contributed by atoms with E-state index in [9.17, 15) is 15.2 Å². The van der Waals surface area contributed by atoms with Gasteiger partial charge in [-0.05, 0) is 42.8 Å². The average Bonchev–Trinajstić information content (AvgIpc) is 2.56. The van der Waals surface area contributed by atoms with Crippen molar-refractivity contribution in [2.24, 2.45) is 0 Å². The number of hydrogen-bond donors (Lipinski definition) is 2. The molecule has 0 unspecified atom stereocenters. The van der Waals surface area contributed by atoms with Crippen molar-refractivity contribution in [2.75, 3.05) is 11.9 Å². The van der Waals surface area contributed by atoms with Crippen LogP contribution in [0.15, 0.2) is 54.1 Å². The summed E-state index contributed by atoms with van der Waals surface area (Å²) < 4.78 is 5.44. The zero-order valence-corrected chi connectivity index (χ0v) is 12.6. The predicted molar refractivity (Wildman–Crippen MR) is 87.9 cm³/mol. The van der Waals surface area contributed by atoms with E-state index in [-0.39, 0.29) is 11.3 Å². The minimum Gasteiger partial charge on any atom is -0.508 e. The third kappa shape index (κ3) is 4.35. The Kier molecular flexibility index (Phi) is 5.37. The van der Waals surface area contributed by atoms with Gasteiger partial charge in [-0.15, -0.1) is 0 Å². The fraction of sp³-hybridized carbons (Fsp3) is 0.111. The summed E-state index contributed by atoms with van der Waals surface area (Å²) in [6, 6.07) is 15.1. The maximum absolute atomic E-state index is 12.3. The number of anilines is 1. The Hall–Kier alpha value is -3.26. The Labute approximate surface area is 134 Å². The number of phenolic OH excluding ortho intramolecular Hbond substituents is 1. The molecule has 0 aliphatic heterocycles. The molecule has 5 nitrogen and oxygen atoms in total. The van der Waals surface area contributed by atoms with E-state index in [1.807, 2.05) is 13.0 Å². The predicted octanol–water partition coefficient (Wildman–Crippen LogP) is 3.34. The Morgan fingerprint density at radius 1 is 1.26 bits per heavy atom. The highest BCUT2D eigenvalue weighted by atomic mass is 16.5. The van der Waals surface area contributed by atoms with Crippen LogP contribution >= 0.6 is 0 Å². The van der Waals surface area contributed by atoms with E-state index in [2.05, 4.69) is 5.32 Å². The summed E-state index contributed by atoms with van der Waals surface area (Å²) in [5.41, 5.74) is 1.11. The minimum absolute atomic E-state index is 0.0398. The molecule has 0 radical (unpaired) electrons. The normalized spacial score (nSPS) is 10.7. The number of amides is 1. The summed E-state index contributed by atoms with van der Waals surface area (Å²) in [5, 5.41) is 21.1. The van der Waals surface area contributed by atoms with Crippen molar-refractivity contribution in [3.8, 4) is 17.6 Å². The molecule has 2 rings (SSSR count). The molecule has 0 aliphatic carbocycles. The molecule has 116 valence electrons. The zero-order chi connectivity index (χ0) is 16.7. The fourth-order valence-electron chi connectivity index (χ4n) is 1.93. The van der Waals surface area contributed by atoms with Crippen molar-refractivity contribution in [1.29, 1.82) is 5.26 Å². The molecule has 0 spiro atoms. The molecule has 0 heterocycles. The minimum atomic E-state index is -0.521. The fourth-order valence-corrected chi connectivity index (χ4v) is 1.93. The van der Waals surface area contributed by atoms with E-state index in [4.69, 9.17) is 4.74 Å². The lowest BCUT2D eigenvalue weighted by molar-refractivity contribution is -0.112. The van der Waals surface area contributed by atoms with E-state index in [0.717, 1.165) is 0 Å². The second-order valence-electron chi connectivity index (χ2n) is 4.64. The van der Waals surface area contributed by atoms with Crippen LogP contribution in [0.1, 0.15) is 12.5 Å². The number of rotatable bonds is 5. The maximum Gasteiger partial charge on any atom is 0.266 e. The van der Waals surface area contributed by atoms with Gasteiger partial charge in [-0.2, -0.15) is 5.26 Å². The lowest BCUT2D eigenvalue weighted by atomic mass is 10.1. The van der Waals surface area contributed by atoms with E-state index in [0.29, 0.717) is 23.6 Å². The quantitative estimate of drug-likeness (QED) is 0.655. The zero-order valence-electron chi connectivity index (χ0n) is 12.6. The molecule has 2 aromatic carbocycles. The molecule has 2 aromatic rings. The molecule has 0 saturated heterocycles. The molecule has 0 bridgehead atoms. The molecular formula is C18H16N2O3. The summed E-state index contributed by atoms with van der Waals surface area (Å²) in [4.78, 5) is 12.3. The van der Waals surface area contributed by atoms with E-state index in [1.54, 1.807) is 36.4 Å². The van der Waals surface area contributed by atoms with Crippen molar-refractivity contribution in [1.82, 2.24) is 0 Å². The summed E-state index contributed by atoms with van der Waals surface area (Å²) in [6.07, 6.45) is 1.46. The number of nitriles is 1. The van der Waals surface area contributed by atoms with Crippen LogP contribution in [0.5, 0.6) is 11.5 Å². The highest BCUT2D eigenvalue weighted by Gasteiger charge is 2.12. The topological polar surface area (TPSA) is 82.3 Å². The number of carbonyl (C=O) groups excluding carboxylic acids is 1. The van der Waals surface area contributed by atoms with Gasteiger partial charge in [0.1, 0.15) is 23.1 Å². The van der Waals surface area contributed by atoms with Crippen LogP contribution in [0.4, 0.5) is 5.69 Å². The van der Waals surface area contributed by atoms with Gasteiger partial charge < -0.3 is 15.2 Å². The Morgan fingerprint density at radius 3 is 2.61 bits per heavy atom. The van der Waals surface area contributed by atoms with E-state index >= 15 is 0 Å². The Bertz CT molecular complexity index is 759. The molecule has 0 aromatic heterocycles. The van der Waals surface area contributed by atoms with Crippen LogP contribution in [0.3, 0.4) is 0 Å². The van der Waals surface area contributed by atoms with Crippen LogP contribution in [0, 0.1) is 11.3 Å². The van der Waals surface area contributed by atoms with Crippen LogP contribution in [0.25, 0.3) is 6.08 Å². The lowest BCUT2D eigenvalue weighted by Gasteiger charge is -2.10. The number of nitrogens with one attached hydrogen (secondary N) is 1. The highest BCUT2D eigenvalue weighted by Crippen LogP contribution is 2.24. The van der Waals surface area contributed by atoms with Crippen molar-refractivity contribution in [3.05, 3.63) is 59.7 Å². The van der Waals surface area contributed by atoms with Crippen molar-refractivity contribution in [3.63, 3.8) is 0 Å². The average molecular weight is 308 g/mol. The van der Waals surface area contributed by atoms with Gasteiger partial charge in [-0.1, -0.05) is 24.3 Å². The van der Waals surface area contributed by atoms with Gasteiger partial charge in [-0.25, -0.2) is 0 Å². The van der Waals surface area contributed by atoms with Crippen LogP contribution in [-0.4, -0.2) is 17.6 Å². The van der Waals surface area contributed by atoms with Crippen molar-refractivity contribution < 1.29 is 14.6 Å². The summed E-state index contributed by atoms with van der Waals surface area (Å²) >= 11 is 0. The van der Waals surface area contributed by atoms with Gasteiger partial charge in [0.05, 0.1) is 12.3 Å². The molecule has 0 aliphatic rings. The van der Waals surface area contributed by atoms with Gasteiger partial charge >= 0.3 is 0 Å². The number of hydrogen-bond acceptors (Lipinski definition) is 4. The summed E-state index contributed by atoms with van der Waals surface area (Å²) in [5.74, 6) is 0.147. The highest BCUT2D eigenvalue weighted by molar-refractivity contribution is 6.10. The molecular weight excluding hydrogens is 292 g/mol. The van der Waals surface area contributed by atoms with Crippen LogP contribution in [-0.2, 0) is 4.79 Å². The largest absolute Gasteiger partial charge is 0.508 e. The van der Waals surface area contributed by atoms with E-state index < -0.39 is 5.91 Å². The molecule has 0 saturated carbocycles. The first-order chi connectivity index (χ1) is 11.1. The third-order valence-electron chi connectivity index (χ3n) is 3.00. The summed E-state index contributed by atoms with van der Waals surface area (Å²) in [7, 11) is 0. The van der Waals surface area contributed by atoms with Gasteiger partial charge in [0.2, 0.25) is 0 Å².